The number of rotatable bonds is 4. The van der Waals surface area contributed by atoms with Crippen LogP contribution in [0.2, 0.25) is 0 Å². The molecule has 0 fully saturated rings. The summed E-state index contributed by atoms with van der Waals surface area (Å²) in [5, 5.41) is 0.743. The second-order valence-corrected chi connectivity index (χ2v) is 3.64. The number of hydrogen-bond acceptors (Lipinski definition) is 4. The molecule has 1 aromatic heterocycles. The second-order valence-electron chi connectivity index (χ2n) is 2.87. The van der Waals surface area contributed by atoms with Crippen LogP contribution < -0.4 is 5.56 Å². The SMILES string of the molecule is CC.COCCn1c(C)cc(=O)nc1SC. The number of thioether (sulfide) groups is 1. The van der Waals surface area contributed by atoms with Crippen molar-refractivity contribution < 1.29 is 4.74 Å². The fourth-order valence-corrected chi connectivity index (χ4v) is 1.84. The van der Waals surface area contributed by atoms with Crippen molar-refractivity contribution in [3.63, 3.8) is 0 Å². The lowest BCUT2D eigenvalue weighted by molar-refractivity contribution is 0.183. The van der Waals surface area contributed by atoms with E-state index in [4.69, 9.17) is 4.74 Å². The molecule has 1 aromatic rings. The molecule has 0 saturated carbocycles. The third kappa shape index (κ3) is 4.37. The van der Waals surface area contributed by atoms with Crippen molar-refractivity contribution in [3.8, 4) is 0 Å². The van der Waals surface area contributed by atoms with E-state index < -0.39 is 0 Å². The maximum Gasteiger partial charge on any atom is 0.273 e. The van der Waals surface area contributed by atoms with Crippen molar-refractivity contribution in [3.05, 3.63) is 22.1 Å². The first kappa shape index (κ1) is 15.2. The molecule has 1 rings (SSSR count). The third-order valence-corrected chi connectivity index (χ3v) is 2.57. The molecule has 0 bridgehead atoms. The summed E-state index contributed by atoms with van der Waals surface area (Å²) in [6.07, 6.45) is 1.91. The van der Waals surface area contributed by atoms with Gasteiger partial charge in [0, 0.05) is 25.4 Å². The maximum absolute atomic E-state index is 11.1. The van der Waals surface area contributed by atoms with E-state index in [0.29, 0.717) is 6.61 Å². The lowest BCUT2D eigenvalue weighted by atomic mass is 10.4. The number of ether oxygens (including phenoxy) is 1. The van der Waals surface area contributed by atoms with Crippen LogP contribution in [0.1, 0.15) is 19.5 Å². The van der Waals surface area contributed by atoms with E-state index in [1.165, 1.54) is 17.8 Å². The summed E-state index contributed by atoms with van der Waals surface area (Å²) in [4.78, 5) is 15.0. The van der Waals surface area contributed by atoms with Gasteiger partial charge in [-0.15, -0.1) is 0 Å². The molecule has 0 unspecified atom stereocenters. The highest BCUT2D eigenvalue weighted by Crippen LogP contribution is 2.11. The Bertz CT molecular complexity index is 363. The van der Waals surface area contributed by atoms with Crippen LogP contribution in [0.25, 0.3) is 0 Å². The number of nitrogens with zero attached hydrogens (tertiary/aromatic N) is 2. The number of methoxy groups -OCH3 is 1. The van der Waals surface area contributed by atoms with E-state index in [1.54, 1.807) is 7.11 Å². The summed E-state index contributed by atoms with van der Waals surface area (Å²) in [7, 11) is 1.66. The largest absolute Gasteiger partial charge is 0.383 e. The van der Waals surface area contributed by atoms with Gasteiger partial charge in [0.2, 0.25) is 0 Å². The van der Waals surface area contributed by atoms with Crippen molar-refractivity contribution in [1.82, 2.24) is 9.55 Å². The minimum absolute atomic E-state index is 0.180. The van der Waals surface area contributed by atoms with Gasteiger partial charge in [0.25, 0.3) is 5.56 Å². The molecule has 1 heterocycles. The lowest BCUT2D eigenvalue weighted by Gasteiger charge is -2.12. The highest BCUT2D eigenvalue weighted by atomic mass is 32.2. The number of aromatic nitrogens is 2. The Kier molecular flexibility index (Phi) is 7.93. The lowest BCUT2D eigenvalue weighted by Crippen LogP contribution is -2.18. The standard InChI is InChI=1S/C9H14N2O2S.C2H6/c1-7-6-8(12)10-9(14-3)11(7)4-5-13-2;1-2/h6H,4-5H2,1-3H3;1-2H3. The molecule has 5 heteroatoms. The highest BCUT2D eigenvalue weighted by Gasteiger charge is 2.04. The molecule has 0 amide bonds. The molecule has 4 nitrogen and oxygen atoms in total. The van der Waals surface area contributed by atoms with Gasteiger partial charge in [0.15, 0.2) is 5.16 Å². The normalized spacial score (nSPS) is 9.56. The predicted molar refractivity (Wildman–Crippen MR) is 68.2 cm³/mol. The van der Waals surface area contributed by atoms with Crippen LogP contribution in [0.5, 0.6) is 0 Å². The van der Waals surface area contributed by atoms with E-state index in [9.17, 15) is 4.79 Å². The van der Waals surface area contributed by atoms with Crippen LogP contribution in [0, 0.1) is 6.92 Å². The van der Waals surface area contributed by atoms with Crippen molar-refractivity contribution >= 4 is 11.8 Å². The molecule has 0 atom stereocenters. The van der Waals surface area contributed by atoms with E-state index in [-0.39, 0.29) is 5.56 Å². The summed E-state index contributed by atoms with van der Waals surface area (Å²) < 4.78 is 6.98. The molecule has 0 aliphatic carbocycles. The third-order valence-electron chi connectivity index (χ3n) is 1.90. The molecule has 0 aromatic carbocycles. The summed E-state index contributed by atoms with van der Waals surface area (Å²) in [5.41, 5.74) is 0.743. The maximum atomic E-state index is 11.1. The summed E-state index contributed by atoms with van der Waals surface area (Å²) in [6.45, 7) is 7.25. The summed E-state index contributed by atoms with van der Waals surface area (Å²) in [6, 6.07) is 1.54. The minimum Gasteiger partial charge on any atom is -0.383 e. The van der Waals surface area contributed by atoms with Crippen LogP contribution in [-0.4, -0.2) is 29.5 Å². The molecular weight excluding hydrogens is 224 g/mol. The van der Waals surface area contributed by atoms with Crippen molar-refractivity contribution in [2.45, 2.75) is 32.5 Å². The predicted octanol–water partition coefficient (Wildman–Crippen LogP) is 1.95. The molecule has 0 N–H and O–H groups in total. The monoisotopic (exact) mass is 244 g/mol. The smallest absolute Gasteiger partial charge is 0.273 e. The topological polar surface area (TPSA) is 44.1 Å². The van der Waals surface area contributed by atoms with Gasteiger partial charge in [-0.05, 0) is 13.2 Å². The van der Waals surface area contributed by atoms with Crippen molar-refractivity contribution in [1.29, 1.82) is 0 Å². The van der Waals surface area contributed by atoms with Gasteiger partial charge in [0.1, 0.15) is 0 Å². The van der Waals surface area contributed by atoms with Gasteiger partial charge in [-0.2, -0.15) is 4.98 Å². The summed E-state index contributed by atoms with van der Waals surface area (Å²) >= 11 is 1.47. The second kappa shape index (κ2) is 8.35. The zero-order chi connectivity index (χ0) is 12.6. The summed E-state index contributed by atoms with van der Waals surface area (Å²) in [5.74, 6) is 0. The number of aryl methyl sites for hydroxylation is 1. The Balaban J connectivity index is 0.00000106. The Labute approximate surface area is 101 Å². The fourth-order valence-electron chi connectivity index (χ4n) is 1.20. The Morgan fingerprint density at radius 1 is 1.50 bits per heavy atom. The van der Waals surface area contributed by atoms with Gasteiger partial charge in [-0.25, -0.2) is 0 Å². The first-order valence-corrected chi connectivity index (χ1v) is 6.53. The molecule has 0 spiro atoms. The van der Waals surface area contributed by atoms with Crippen LogP contribution in [-0.2, 0) is 11.3 Å². The van der Waals surface area contributed by atoms with Crippen molar-refractivity contribution in [2.24, 2.45) is 0 Å². The number of hydrogen-bond donors (Lipinski definition) is 0. The van der Waals surface area contributed by atoms with Gasteiger partial charge < -0.3 is 9.30 Å². The molecule has 0 aliphatic rings. The average Bonchev–Trinajstić information content (AvgIpc) is 2.29. The molecule has 0 saturated heterocycles. The van der Waals surface area contributed by atoms with Gasteiger partial charge >= 0.3 is 0 Å². The van der Waals surface area contributed by atoms with Gasteiger partial charge in [0.05, 0.1) is 6.61 Å². The Hall–Kier alpha value is -0.810. The molecule has 0 aliphatic heterocycles. The quantitative estimate of drug-likeness (QED) is 0.600. The van der Waals surface area contributed by atoms with E-state index in [2.05, 4.69) is 4.98 Å². The zero-order valence-electron chi connectivity index (χ0n) is 10.6. The molecule has 92 valence electrons. The molecule has 16 heavy (non-hydrogen) atoms. The van der Waals surface area contributed by atoms with Crippen molar-refractivity contribution in [2.75, 3.05) is 20.0 Å². The van der Waals surface area contributed by atoms with E-state index in [0.717, 1.165) is 17.4 Å². The fraction of sp³-hybridized carbons (Fsp3) is 0.636. The van der Waals surface area contributed by atoms with Crippen LogP contribution in [0.15, 0.2) is 16.0 Å². The van der Waals surface area contributed by atoms with E-state index >= 15 is 0 Å². The minimum atomic E-state index is -0.180. The van der Waals surface area contributed by atoms with Crippen LogP contribution in [0.4, 0.5) is 0 Å². The van der Waals surface area contributed by atoms with Crippen LogP contribution >= 0.6 is 11.8 Å². The van der Waals surface area contributed by atoms with Crippen LogP contribution in [0.3, 0.4) is 0 Å². The highest BCUT2D eigenvalue weighted by molar-refractivity contribution is 7.98. The average molecular weight is 244 g/mol. The molecule has 0 radical (unpaired) electrons. The van der Waals surface area contributed by atoms with E-state index in [1.807, 2.05) is 31.6 Å². The first-order chi connectivity index (χ1) is 7.69. The van der Waals surface area contributed by atoms with Gasteiger partial charge in [-0.3, -0.25) is 4.79 Å². The van der Waals surface area contributed by atoms with Gasteiger partial charge in [-0.1, -0.05) is 25.6 Å². The Morgan fingerprint density at radius 2 is 2.12 bits per heavy atom. The Morgan fingerprint density at radius 3 is 2.62 bits per heavy atom. The zero-order valence-corrected chi connectivity index (χ0v) is 11.4. The first-order valence-electron chi connectivity index (χ1n) is 5.30. The molecular formula is C11H20N2O2S.